The molecule has 0 unspecified atom stereocenters. The first-order valence-electron chi connectivity index (χ1n) is 5.77. The van der Waals surface area contributed by atoms with Crippen LogP contribution in [0.5, 0.6) is 5.75 Å². The molecule has 2 aromatic rings. The number of halogens is 2. The Kier molecular flexibility index (Phi) is 4.36. The number of rotatable bonds is 4. The molecule has 0 amide bonds. The minimum atomic E-state index is -0.704. The Labute approximate surface area is 124 Å². The third kappa shape index (κ3) is 3.27. The standard InChI is InChI=1S/C14H8ClFN2O3/c15-11-4-5-12(18(19)20)13(6-11)21-8-10-3-1-2-9(7-17)14(10)16/h1-6H,8H2. The first-order valence-corrected chi connectivity index (χ1v) is 6.15. The Balaban J connectivity index is 2.27. The second kappa shape index (κ2) is 6.20. The first kappa shape index (κ1) is 14.8. The molecule has 0 spiro atoms. The topological polar surface area (TPSA) is 76.2 Å². The molecule has 0 bridgehead atoms. The summed E-state index contributed by atoms with van der Waals surface area (Å²) in [6.45, 7) is -0.247. The van der Waals surface area contributed by atoms with Crippen molar-refractivity contribution in [1.82, 2.24) is 0 Å². The molecule has 0 fully saturated rings. The lowest BCUT2D eigenvalue weighted by Gasteiger charge is -2.08. The minimum absolute atomic E-state index is 0.0609. The number of hydrogen-bond donors (Lipinski definition) is 0. The highest BCUT2D eigenvalue weighted by Gasteiger charge is 2.16. The minimum Gasteiger partial charge on any atom is -0.482 e. The molecule has 0 aliphatic heterocycles. The number of nitro benzene ring substituents is 1. The number of ether oxygens (including phenoxy) is 1. The van der Waals surface area contributed by atoms with Crippen molar-refractivity contribution in [3.63, 3.8) is 0 Å². The largest absolute Gasteiger partial charge is 0.482 e. The van der Waals surface area contributed by atoms with Crippen molar-refractivity contribution in [2.24, 2.45) is 0 Å². The van der Waals surface area contributed by atoms with Crippen molar-refractivity contribution in [3.05, 3.63) is 68.5 Å². The van der Waals surface area contributed by atoms with Crippen LogP contribution in [-0.4, -0.2) is 4.92 Å². The number of hydrogen-bond acceptors (Lipinski definition) is 4. The maximum Gasteiger partial charge on any atom is 0.311 e. The highest BCUT2D eigenvalue weighted by molar-refractivity contribution is 6.30. The zero-order valence-electron chi connectivity index (χ0n) is 10.5. The van der Waals surface area contributed by atoms with Crippen LogP contribution < -0.4 is 4.74 Å². The van der Waals surface area contributed by atoms with E-state index in [4.69, 9.17) is 21.6 Å². The number of benzene rings is 2. The Morgan fingerprint density at radius 2 is 2.14 bits per heavy atom. The molecule has 2 aromatic carbocycles. The fourth-order valence-electron chi connectivity index (χ4n) is 1.69. The summed E-state index contributed by atoms with van der Waals surface area (Å²) < 4.78 is 19.1. The summed E-state index contributed by atoms with van der Waals surface area (Å²) in [5, 5.41) is 19.9. The molecule has 0 aliphatic rings. The van der Waals surface area contributed by atoms with Crippen molar-refractivity contribution in [3.8, 4) is 11.8 Å². The molecule has 7 heteroatoms. The number of nitrogens with zero attached hydrogens (tertiary/aromatic N) is 2. The van der Waals surface area contributed by atoms with E-state index in [2.05, 4.69) is 0 Å². The van der Waals surface area contributed by atoms with Gasteiger partial charge in [0.2, 0.25) is 0 Å². The molecular formula is C14H8ClFN2O3. The summed E-state index contributed by atoms with van der Waals surface area (Å²) in [7, 11) is 0. The molecule has 0 heterocycles. The lowest BCUT2D eigenvalue weighted by Crippen LogP contribution is -2.02. The second-order valence-corrected chi connectivity index (χ2v) is 4.48. The van der Waals surface area contributed by atoms with Gasteiger partial charge in [-0.15, -0.1) is 0 Å². The van der Waals surface area contributed by atoms with Gasteiger partial charge < -0.3 is 4.74 Å². The Morgan fingerprint density at radius 1 is 1.38 bits per heavy atom. The van der Waals surface area contributed by atoms with E-state index in [1.54, 1.807) is 6.07 Å². The summed E-state index contributed by atoms with van der Waals surface area (Å²) in [6, 6.07) is 9.85. The molecule has 5 nitrogen and oxygen atoms in total. The maximum absolute atomic E-state index is 13.9. The first-order chi connectivity index (χ1) is 10.0. The maximum atomic E-state index is 13.9. The van der Waals surface area contributed by atoms with Crippen LogP contribution in [0.4, 0.5) is 10.1 Å². The molecule has 106 valence electrons. The zero-order chi connectivity index (χ0) is 15.4. The van der Waals surface area contributed by atoms with Gasteiger partial charge in [-0.3, -0.25) is 10.1 Å². The van der Waals surface area contributed by atoms with Gasteiger partial charge in [-0.1, -0.05) is 23.7 Å². The molecule has 0 saturated heterocycles. The van der Waals surface area contributed by atoms with Crippen LogP contribution in [0.3, 0.4) is 0 Å². The van der Waals surface area contributed by atoms with Crippen LogP contribution in [0.1, 0.15) is 11.1 Å². The van der Waals surface area contributed by atoms with E-state index >= 15 is 0 Å². The number of nitriles is 1. The predicted molar refractivity (Wildman–Crippen MR) is 73.6 cm³/mol. The van der Waals surface area contributed by atoms with Gasteiger partial charge in [-0.05, 0) is 12.1 Å². The zero-order valence-corrected chi connectivity index (χ0v) is 11.3. The smallest absolute Gasteiger partial charge is 0.311 e. The van der Waals surface area contributed by atoms with Crippen molar-refractivity contribution in [1.29, 1.82) is 5.26 Å². The summed E-state index contributed by atoms with van der Waals surface area (Å²) in [6.07, 6.45) is 0. The van der Waals surface area contributed by atoms with Crippen molar-refractivity contribution >= 4 is 17.3 Å². The van der Waals surface area contributed by atoms with Crippen LogP contribution >= 0.6 is 11.6 Å². The summed E-state index contributed by atoms with van der Waals surface area (Å²) in [5.41, 5.74) is -0.253. The van der Waals surface area contributed by atoms with Gasteiger partial charge >= 0.3 is 5.69 Å². The van der Waals surface area contributed by atoms with E-state index in [0.29, 0.717) is 0 Å². The van der Waals surface area contributed by atoms with E-state index in [9.17, 15) is 14.5 Å². The Bertz CT molecular complexity index is 743. The molecule has 0 radical (unpaired) electrons. The molecule has 0 N–H and O–H groups in total. The van der Waals surface area contributed by atoms with Crippen LogP contribution in [0, 0.1) is 27.3 Å². The van der Waals surface area contributed by atoms with Gasteiger partial charge in [0.15, 0.2) is 5.75 Å². The van der Waals surface area contributed by atoms with Gasteiger partial charge in [0, 0.05) is 22.7 Å². The van der Waals surface area contributed by atoms with Crippen LogP contribution in [0.2, 0.25) is 5.02 Å². The van der Waals surface area contributed by atoms with Crippen LogP contribution in [0.15, 0.2) is 36.4 Å². The lowest BCUT2D eigenvalue weighted by atomic mass is 10.1. The third-order valence-corrected chi connectivity index (χ3v) is 2.94. The average Bonchev–Trinajstić information content (AvgIpc) is 2.46. The monoisotopic (exact) mass is 306 g/mol. The van der Waals surface area contributed by atoms with Gasteiger partial charge in [0.1, 0.15) is 18.5 Å². The highest BCUT2D eigenvalue weighted by atomic mass is 35.5. The molecular weight excluding hydrogens is 299 g/mol. The molecule has 0 atom stereocenters. The summed E-state index contributed by atoms with van der Waals surface area (Å²) in [5.74, 6) is -0.765. The van der Waals surface area contributed by atoms with Crippen LogP contribution in [-0.2, 0) is 6.61 Å². The van der Waals surface area contributed by atoms with Gasteiger partial charge in [0.25, 0.3) is 0 Å². The van der Waals surface area contributed by atoms with E-state index in [1.807, 2.05) is 0 Å². The molecule has 0 aliphatic carbocycles. The van der Waals surface area contributed by atoms with E-state index in [1.165, 1.54) is 36.4 Å². The molecule has 2 rings (SSSR count). The average molecular weight is 307 g/mol. The molecule has 21 heavy (non-hydrogen) atoms. The van der Waals surface area contributed by atoms with Gasteiger partial charge in [-0.2, -0.15) is 5.26 Å². The van der Waals surface area contributed by atoms with Crippen molar-refractivity contribution < 1.29 is 14.1 Å². The quantitative estimate of drug-likeness (QED) is 0.635. The summed E-state index contributed by atoms with van der Waals surface area (Å²) >= 11 is 5.76. The fourth-order valence-corrected chi connectivity index (χ4v) is 1.85. The summed E-state index contributed by atoms with van der Waals surface area (Å²) in [4.78, 5) is 10.3. The normalized spacial score (nSPS) is 9.95. The van der Waals surface area contributed by atoms with Crippen molar-refractivity contribution in [2.45, 2.75) is 6.61 Å². The highest BCUT2D eigenvalue weighted by Crippen LogP contribution is 2.30. The van der Waals surface area contributed by atoms with Crippen LogP contribution in [0.25, 0.3) is 0 Å². The Morgan fingerprint density at radius 3 is 2.81 bits per heavy atom. The second-order valence-electron chi connectivity index (χ2n) is 4.05. The lowest BCUT2D eigenvalue weighted by molar-refractivity contribution is -0.385. The van der Waals surface area contributed by atoms with E-state index < -0.39 is 10.7 Å². The fraction of sp³-hybridized carbons (Fsp3) is 0.0714. The van der Waals surface area contributed by atoms with E-state index in [0.717, 1.165) is 0 Å². The number of nitro groups is 1. The van der Waals surface area contributed by atoms with Crippen molar-refractivity contribution in [2.75, 3.05) is 0 Å². The van der Waals surface area contributed by atoms with Gasteiger partial charge in [-0.25, -0.2) is 4.39 Å². The molecule has 0 saturated carbocycles. The molecule has 0 aromatic heterocycles. The van der Waals surface area contributed by atoms with Gasteiger partial charge in [0.05, 0.1) is 10.5 Å². The predicted octanol–water partition coefficient (Wildman–Crippen LogP) is 3.84. The third-order valence-electron chi connectivity index (χ3n) is 2.70. The SMILES string of the molecule is N#Cc1cccc(COc2cc(Cl)ccc2[N+](=O)[O-])c1F. The van der Waals surface area contributed by atoms with E-state index in [-0.39, 0.29) is 34.2 Å². The Hall–Kier alpha value is -2.65.